The van der Waals surface area contributed by atoms with Crippen LogP contribution in [0.3, 0.4) is 0 Å². The van der Waals surface area contributed by atoms with Crippen LogP contribution in [0, 0.1) is 12.8 Å². The Hall–Kier alpha value is -1.75. The third kappa shape index (κ3) is 3.71. The van der Waals surface area contributed by atoms with E-state index in [0.717, 1.165) is 13.0 Å². The van der Waals surface area contributed by atoms with Crippen LogP contribution < -0.4 is 0 Å². The minimum atomic E-state index is -4.51. The molecule has 3 atom stereocenters. The lowest BCUT2D eigenvalue weighted by atomic mass is 9.79. The second-order valence-corrected chi connectivity index (χ2v) is 5.65. The number of phenols is 1. The number of aromatic hydroxyl groups is 1. The van der Waals surface area contributed by atoms with E-state index in [2.05, 4.69) is 6.58 Å². The summed E-state index contributed by atoms with van der Waals surface area (Å²) in [6, 6.07) is 3.83. The zero-order chi connectivity index (χ0) is 17.1. The number of allylic oxidation sites excluding steroid dienone is 1. The number of aliphatic hydroxyl groups is 1. The van der Waals surface area contributed by atoms with Crippen LogP contribution in [0.2, 0.25) is 0 Å². The molecule has 0 saturated heterocycles. The van der Waals surface area contributed by atoms with Gasteiger partial charge in [0.15, 0.2) is 0 Å². The van der Waals surface area contributed by atoms with Gasteiger partial charge in [0.1, 0.15) is 11.2 Å². The maximum absolute atomic E-state index is 13.6. The number of aryl methyl sites for hydroxylation is 1. The van der Waals surface area contributed by atoms with E-state index in [-0.39, 0.29) is 11.3 Å². The van der Waals surface area contributed by atoms with Gasteiger partial charge in [-0.3, -0.25) is 0 Å². The van der Waals surface area contributed by atoms with Crippen LogP contribution in [0.15, 0.2) is 43.0 Å². The molecule has 122 valence electrons. The molecular weight excluding hydrogens is 293 g/mol. The summed E-state index contributed by atoms with van der Waals surface area (Å²) in [6.45, 7) is 7.65. The first-order valence-corrected chi connectivity index (χ1v) is 6.89. The number of aliphatic hydroxyl groups excluding tert-OH is 1. The molecule has 0 saturated carbocycles. The molecule has 5 heteroatoms. The fourth-order valence-electron chi connectivity index (χ4n) is 2.01. The average Bonchev–Trinajstić information content (AvgIpc) is 2.45. The first kappa shape index (κ1) is 18.3. The van der Waals surface area contributed by atoms with Crippen molar-refractivity contribution >= 4 is 0 Å². The van der Waals surface area contributed by atoms with Gasteiger partial charge in [-0.15, -0.1) is 6.58 Å². The van der Waals surface area contributed by atoms with Gasteiger partial charge in [-0.2, -0.15) is 13.2 Å². The number of hydrogen-bond acceptors (Lipinski definition) is 2. The maximum Gasteiger partial charge on any atom is 0.401 e. The minimum Gasteiger partial charge on any atom is -0.508 e. The van der Waals surface area contributed by atoms with Crippen LogP contribution in [-0.2, 0) is 5.41 Å². The fraction of sp³-hybridized carbons (Fsp3) is 0.412. The molecule has 2 nitrogen and oxygen atoms in total. The number of phenolic OH excluding ortho intramolecular Hbond substituents is 1. The van der Waals surface area contributed by atoms with Gasteiger partial charge < -0.3 is 10.2 Å². The lowest BCUT2D eigenvalue weighted by Crippen LogP contribution is -2.38. The Labute approximate surface area is 128 Å². The van der Waals surface area contributed by atoms with Crippen molar-refractivity contribution in [3.63, 3.8) is 0 Å². The van der Waals surface area contributed by atoms with E-state index < -0.39 is 23.6 Å². The van der Waals surface area contributed by atoms with Gasteiger partial charge in [-0.25, -0.2) is 0 Å². The summed E-state index contributed by atoms with van der Waals surface area (Å²) in [5.41, 5.74) is -1.80. The molecule has 0 heterocycles. The predicted molar refractivity (Wildman–Crippen MR) is 80.8 cm³/mol. The lowest BCUT2D eigenvalue weighted by molar-refractivity contribution is -0.171. The van der Waals surface area contributed by atoms with Crippen molar-refractivity contribution in [2.45, 2.75) is 38.5 Å². The topological polar surface area (TPSA) is 40.5 Å². The van der Waals surface area contributed by atoms with E-state index in [1.165, 1.54) is 30.4 Å². The van der Waals surface area contributed by atoms with E-state index in [0.29, 0.717) is 5.56 Å². The number of halogens is 3. The Morgan fingerprint density at radius 2 is 1.86 bits per heavy atom. The van der Waals surface area contributed by atoms with Crippen molar-refractivity contribution in [1.82, 2.24) is 0 Å². The molecule has 0 aliphatic rings. The van der Waals surface area contributed by atoms with Gasteiger partial charge in [0.25, 0.3) is 0 Å². The van der Waals surface area contributed by atoms with Crippen molar-refractivity contribution in [1.29, 1.82) is 0 Å². The average molecular weight is 314 g/mol. The van der Waals surface area contributed by atoms with Gasteiger partial charge >= 0.3 is 6.18 Å². The van der Waals surface area contributed by atoms with Crippen LogP contribution >= 0.6 is 0 Å². The first-order valence-electron chi connectivity index (χ1n) is 6.89. The van der Waals surface area contributed by atoms with Gasteiger partial charge in [0.2, 0.25) is 0 Å². The summed E-state index contributed by atoms with van der Waals surface area (Å²) in [4.78, 5) is 0. The van der Waals surface area contributed by atoms with Gasteiger partial charge in [-0.1, -0.05) is 37.3 Å². The van der Waals surface area contributed by atoms with Crippen LogP contribution in [0.1, 0.15) is 25.0 Å². The summed E-state index contributed by atoms with van der Waals surface area (Å²) in [7, 11) is 0. The molecule has 0 radical (unpaired) electrons. The smallest absolute Gasteiger partial charge is 0.401 e. The molecule has 3 unspecified atom stereocenters. The summed E-state index contributed by atoms with van der Waals surface area (Å²) in [6.07, 6.45) is -1.75. The molecule has 0 spiro atoms. The first-order chi connectivity index (χ1) is 10.0. The molecule has 1 aromatic rings. The van der Waals surface area contributed by atoms with E-state index in [1.807, 2.05) is 0 Å². The summed E-state index contributed by atoms with van der Waals surface area (Å²) in [5.74, 6) is -0.537. The van der Waals surface area contributed by atoms with Gasteiger partial charge in [0, 0.05) is 5.92 Å². The Kier molecular flexibility index (Phi) is 5.46. The highest BCUT2D eigenvalue weighted by molar-refractivity contribution is 5.41. The van der Waals surface area contributed by atoms with Crippen LogP contribution in [0.25, 0.3) is 0 Å². The maximum atomic E-state index is 13.6. The second-order valence-electron chi connectivity index (χ2n) is 5.65. The minimum absolute atomic E-state index is 0.0341. The Morgan fingerprint density at radius 1 is 1.27 bits per heavy atom. The number of alkyl halides is 3. The Morgan fingerprint density at radius 3 is 2.32 bits per heavy atom. The molecule has 1 aromatic carbocycles. The van der Waals surface area contributed by atoms with Crippen LogP contribution in [-0.4, -0.2) is 22.5 Å². The van der Waals surface area contributed by atoms with Crippen LogP contribution in [0.4, 0.5) is 13.2 Å². The number of hydrogen-bond donors (Lipinski definition) is 2. The van der Waals surface area contributed by atoms with Gasteiger partial charge in [0.05, 0.1) is 6.10 Å². The molecule has 0 aliphatic carbocycles. The highest BCUT2D eigenvalue weighted by atomic mass is 19.4. The monoisotopic (exact) mass is 314 g/mol. The normalized spacial score (nSPS) is 18.0. The third-order valence-electron chi connectivity index (χ3n) is 3.90. The zero-order valence-corrected chi connectivity index (χ0v) is 12.9. The van der Waals surface area contributed by atoms with Crippen molar-refractivity contribution < 1.29 is 23.4 Å². The molecule has 0 aliphatic heterocycles. The number of benzene rings is 1. The summed E-state index contributed by atoms with van der Waals surface area (Å²) >= 11 is 0. The molecule has 1 rings (SSSR count). The van der Waals surface area contributed by atoms with E-state index in [9.17, 15) is 23.4 Å². The molecule has 0 bridgehead atoms. The Bertz CT molecular complexity index is 564. The second kappa shape index (κ2) is 6.57. The van der Waals surface area contributed by atoms with Gasteiger partial charge in [-0.05, 0) is 31.0 Å². The SMILES string of the molecule is C=CC(O)C(C)/C=C/C(C)(c1ccc(O)c(C)c1)C(F)(F)F. The lowest BCUT2D eigenvalue weighted by Gasteiger charge is -2.30. The molecule has 0 aromatic heterocycles. The van der Waals surface area contributed by atoms with Crippen molar-refractivity contribution in [2.24, 2.45) is 5.92 Å². The highest BCUT2D eigenvalue weighted by Gasteiger charge is 2.50. The zero-order valence-electron chi connectivity index (χ0n) is 12.9. The van der Waals surface area contributed by atoms with E-state index >= 15 is 0 Å². The quantitative estimate of drug-likeness (QED) is 0.797. The standard InChI is InChI=1S/C17H21F3O2/c1-5-14(21)11(2)8-9-16(4,17(18,19)20)13-6-7-15(22)12(3)10-13/h5-11,14,21-22H,1H2,2-4H3/b9-8+. The molecule has 22 heavy (non-hydrogen) atoms. The van der Waals surface area contributed by atoms with Crippen molar-refractivity contribution in [3.8, 4) is 5.75 Å². The largest absolute Gasteiger partial charge is 0.508 e. The van der Waals surface area contributed by atoms with E-state index in [4.69, 9.17) is 0 Å². The summed E-state index contributed by atoms with van der Waals surface area (Å²) < 4.78 is 40.7. The Balaban J connectivity index is 3.29. The van der Waals surface area contributed by atoms with Crippen LogP contribution in [0.5, 0.6) is 5.75 Å². The van der Waals surface area contributed by atoms with Crippen molar-refractivity contribution in [2.75, 3.05) is 0 Å². The highest BCUT2D eigenvalue weighted by Crippen LogP contribution is 2.43. The number of rotatable bonds is 5. The third-order valence-corrected chi connectivity index (χ3v) is 3.90. The molecule has 0 fully saturated rings. The fourth-order valence-corrected chi connectivity index (χ4v) is 2.01. The predicted octanol–water partition coefficient (Wildman–Crippen LogP) is 4.26. The molecule has 0 amide bonds. The van der Waals surface area contributed by atoms with E-state index in [1.54, 1.807) is 13.8 Å². The van der Waals surface area contributed by atoms with Crippen molar-refractivity contribution in [3.05, 3.63) is 54.1 Å². The molecular formula is C17H21F3O2. The molecule has 2 N–H and O–H groups in total. The summed E-state index contributed by atoms with van der Waals surface area (Å²) in [5, 5.41) is 19.1.